The standard InChI is InChI=1S/C13H13NOS/c1-16-13-5-3-2-4-10(13)9-6-7-11(14)12(15)8-9/h2-8,15H,14H2,1H3. The molecule has 82 valence electrons. The number of hydrogen-bond acceptors (Lipinski definition) is 3. The van der Waals surface area contributed by atoms with Gasteiger partial charge >= 0.3 is 0 Å². The number of anilines is 1. The van der Waals surface area contributed by atoms with Crippen molar-refractivity contribution in [3.8, 4) is 16.9 Å². The van der Waals surface area contributed by atoms with Crippen molar-refractivity contribution in [2.45, 2.75) is 4.90 Å². The molecule has 2 aromatic rings. The van der Waals surface area contributed by atoms with Crippen molar-refractivity contribution in [3.63, 3.8) is 0 Å². The van der Waals surface area contributed by atoms with E-state index < -0.39 is 0 Å². The highest BCUT2D eigenvalue weighted by Gasteiger charge is 2.05. The van der Waals surface area contributed by atoms with Crippen LogP contribution in [0.1, 0.15) is 0 Å². The van der Waals surface area contributed by atoms with Crippen LogP contribution in [0.25, 0.3) is 11.1 Å². The Morgan fingerprint density at radius 2 is 1.88 bits per heavy atom. The summed E-state index contributed by atoms with van der Waals surface area (Å²) in [4.78, 5) is 1.19. The second kappa shape index (κ2) is 4.49. The zero-order valence-corrected chi connectivity index (χ0v) is 9.79. The summed E-state index contributed by atoms with van der Waals surface area (Å²) in [6.45, 7) is 0. The lowest BCUT2D eigenvalue weighted by molar-refractivity contribution is 0.478. The molecule has 0 bridgehead atoms. The molecule has 0 amide bonds. The van der Waals surface area contributed by atoms with Crippen LogP contribution in [0.2, 0.25) is 0 Å². The van der Waals surface area contributed by atoms with Gasteiger partial charge < -0.3 is 10.8 Å². The molecule has 0 atom stereocenters. The van der Waals surface area contributed by atoms with Crippen LogP contribution in [0.3, 0.4) is 0 Å². The number of thioether (sulfide) groups is 1. The average molecular weight is 231 g/mol. The maximum Gasteiger partial charge on any atom is 0.139 e. The molecule has 0 aliphatic rings. The van der Waals surface area contributed by atoms with Crippen LogP contribution in [0.15, 0.2) is 47.4 Å². The van der Waals surface area contributed by atoms with Crippen LogP contribution in [-0.2, 0) is 0 Å². The Labute approximate surface area is 99.1 Å². The fourth-order valence-corrected chi connectivity index (χ4v) is 2.21. The van der Waals surface area contributed by atoms with E-state index in [1.165, 1.54) is 4.90 Å². The largest absolute Gasteiger partial charge is 0.506 e. The minimum Gasteiger partial charge on any atom is -0.506 e. The molecule has 0 aromatic heterocycles. The molecule has 3 N–H and O–H groups in total. The Balaban J connectivity index is 2.54. The van der Waals surface area contributed by atoms with Gasteiger partial charge in [0.15, 0.2) is 0 Å². The lowest BCUT2D eigenvalue weighted by atomic mass is 10.0. The summed E-state index contributed by atoms with van der Waals surface area (Å²) >= 11 is 1.69. The fourth-order valence-electron chi connectivity index (χ4n) is 1.59. The molecule has 0 heterocycles. The first-order chi connectivity index (χ1) is 7.72. The highest BCUT2D eigenvalue weighted by atomic mass is 32.2. The van der Waals surface area contributed by atoms with Crippen LogP contribution in [-0.4, -0.2) is 11.4 Å². The van der Waals surface area contributed by atoms with Crippen molar-refractivity contribution in [2.75, 3.05) is 12.0 Å². The van der Waals surface area contributed by atoms with Crippen LogP contribution < -0.4 is 5.73 Å². The van der Waals surface area contributed by atoms with E-state index in [1.807, 2.05) is 30.5 Å². The highest BCUT2D eigenvalue weighted by Crippen LogP contribution is 2.33. The lowest BCUT2D eigenvalue weighted by Crippen LogP contribution is -1.87. The van der Waals surface area contributed by atoms with E-state index in [4.69, 9.17) is 5.73 Å². The molecule has 0 fully saturated rings. The number of benzene rings is 2. The van der Waals surface area contributed by atoms with Gasteiger partial charge in [-0.2, -0.15) is 0 Å². The predicted molar refractivity (Wildman–Crippen MR) is 69.7 cm³/mol. The van der Waals surface area contributed by atoms with Gasteiger partial charge in [0.25, 0.3) is 0 Å². The zero-order valence-electron chi connectivity index (χ0n) is 8.97. The molecule has 0 aliphatic heterocycles. The number of nitrogen functional groups attached to an aromatic ring is 1. The first kappa shape index (κ1) is 10.9. The summed E-state index contributed by atoms with van der Waals surface area (Å²) in [7, 11) is 0. The van der Waals surface area contributed by atoms with Gasteiger partial charge in [-0.05, 0) is 35.6 Å². The molecule has 0 spiro atoms. The molecular weight excluding hydrogens is 218 g/mol. The van der Waals surface area contributed by atoms with Crippen molar-refractivity contribution in [1.29, 1.82) is 0 Å². The number of aromatic hydroxyl groups is 1. The molecule has 0 aliphatic carbocycles. The van der Waals surface area contributed by atoms with E-state index in [2.05, 4.69) is 6.07 Å². The van der Waals surface area contributed by atoms with E-state index in [0.717, 1.165) is 11.1 Å². The molecule has 16 heavy (non-hydrogen) atoms. The first-order valence-electron chi connectivity index (χ1n) is 4.94. The van der Waals surface area contributed by atoms with Crippen LogP contribution in [0, 0.1) is 0 Å². The Hall–Kier alpha value is -1.61. The molecular formula is C13H13NOS. The smallest absolute Gasteiger partial charge is 0.139 e. The van der Waals surface area contributed by atoms with Gasteiger partial charge in [-0.3, -0.25) is 0 Å². The number of phenolic OH excluding ortho intramolecular Hbond substituents is 1. The van der Waals surface area contributed by atoms with Gasteiger partial charge in [0.2, 0.25) is 0 Å². The molecule has 2 aromatic carbocycles. The van der Waals surface area contributed by atoms with Crippen LogP contribution in [0.5, 0.6) is 5.75 Å². The molecule has 3 heteroatoms. The topological polar surface area (TPSA) is 46.2 Å². The third-order valence-corrected chi connectivity index (χ3v) is 3.24. The summed E-state index contributed by atoms with van der Waals surface area (Å²) in [6, 6.07) is 13.4. The van der Waals surface area contributed by atoms with Gasteiger partial charge in [-0.1, -0.05) is 24.3 Å². The number of hydrogen-bond donors (Lipinski definition) is 2. The fraction of sp³-hybridized carbons (Fsp3) is 0.0769. The summed E-state index contributed by atoms with van der Waals surface area (Å²) in [5.74, 6) is 0.133. The van der Waals surface area contributed by atoms with Crippen molar-refractivity contribution in [1.82, 2.24) is 0 Å². The monoisotopic (exact) mass is 231 g/mol. The zero-order chi connectivity index (χ0) is 11.5. The second-order valence-electron chi connectivity index (χ2n) is 3.47. The summed E-state index contributed by atoms with van der Waals surface area (Å²) in [5.41, 5.74) is 8.09. The lowest BCUT2D eigenvalue weighted by Gasteiger charge is -2.08. The molecule has 0 saturated carbocycles. The maximum absolute atomic E-state index is 9.59. The minimum atomic E-state index is 0.133. The summed E-state index contributed by atoms with van der Waals surface area (Å²) < 4.78 is 0. The molecule has 0 unspecified atom stereocenters. The summed E-state index contributed by atoms with van der Waals surface area (Å²) in [5, 5.41) is 9.59. The Bertz CT molecular complexity index is 511. The van der Waals surface area contributed by atoms with Crippen molar-refractivity contribution in [2.24, 2.45) is 0 Å². The molecule has 0 saturated heterocycles. The van der Waals surface area contributed by atoms with Gasteiger partial charge in [0, 0.05) is 4.90 Å². The molecule has 2 nitrogen and oxygen atoms in total. The van der Waals surface area contributed by atoms with Crippen molar-refractivity contribution in [3.05, 3.63) is 42.5 Å². The van der Waals surface area contributed by atoms with Crippen molar-refractivity contribution >= 4 is 17.4 Å². The van der Waals surface area contributed by atoms with Crippen LogP contribution in [0.4, 0.5) is 5.69 Å². The first-order valence-corrected chi connectivity index (χ1v) is 6.16. The normalized spacial score (nSPS) is 10.3. The Morgan fingerprint density at radius 1 is 1.12 bits per heavy atom. The van der Waals surface area contributed by atoms with Crippen molar-refractivity contribution < 1.29 is 5.11 Å². The third-order valence-electron chi connectivity index (χ3n) is 2.45. The van der Waals surface area contributed by atoms with E-state index in [9.17, 15) is 5.11 Å². The van der Waals surface area contributed by atoms with E-state index >= 15 is 0 Å². The predicted octanol–water partition coefficient (Wildman–Crippen LogP) is 3.36. The average Bonchev–Trinajstić information content (AvgIpc) is 2.32. The van der Waals surface area contributed by atoms with Gasteiger partial charge in [-0.25, -0.2) is 0 Å². The van der Waals surface area contributed by atoms with E-state index in [-0.39, 0.29) is 5.75 Å². The minimum absolute atomic E-state index is 0.133. The van der Waals surface area contributed by atoms with Gasteiger partial charge in [0.1, 0.15) is 5.75 Å². The second-order valence-corrected chi connectivity index (χ2v) is 4.32. The quantitative estimate of drug-likeness (QED) is 0.473. The number of nitrogens with two attached hydrogens (primary N) is 1. The SMILES string of the molecule is CSc1ccccc1-c1ccc(N)c(O)c1. The van der Waals surface area contributed by atoms with Gasteiger partial charge in [0.05, 0.1) is 5.69 Å². The number of rotatable bonds is 2. The molecule has 0 radical (unpaired) electrons. The summed E-state index contributed by atoms with van der Waals surface area (Å²) in [6.07, 6.45) is 2.04. The number of phenols is 1. The maximum atomic E-state index is 9.59. The Kier molecular flexibility index (Phi) is 3.06. The van der Waals surface area contributed by atoms with Crippen LogP contribution >= 0.6 is 11.8 Å². The highest BCUT2D eigenvalue weighted by molar-refractivity contribution is 7.98. The van der Waals surface area contributed by atoms with E-state index in [1.54, 1.807) is 23.9 Å². The Morgan fingerprint density at radius 3 is 2.56 bits per heavy atom. The van der Waals surface area contributed by atoms with Gasteiger partial charge in [-0.15, -0.1) is 11.8 Å². The van der Waals surface area contributed by atoms with E-state index in [0.29, 0.717) is 5.69 Å². The molecule has 2 rings (SSSR count). The third kappa shape index (κ3) is 1.99.